The first-order valence-corrected chi connectivity index (χ1v) is 11.1. The summed E-state index contributed by atoms with van der Waals surface area (Å²) in [5, 5.41) is 7.20. The molecule has 0 aliphatic carbocycles. The number of alkyl halides is 9. The number of hydrogen-bond acceptors (Lipinski definition) is 5. The number of nitrogens with zero attached hydrogens (tertiary/aromatic N) is 2. The van der Waals surface area contributed by atoms with Gasteiger partial charge < -0.3 is 10.2 Å². The van der Waals surface area contributed by atoms with Crippen LogP contribution < -0.4 is 21.8 Å². The third kappa shape index (κ3) is 5.87. The number of fused-ring (bicyclic) bond motifs is 1. The van der Waals surface area contributed by atoms with Crippen molar-refractivity contribution in [1.82, 2.24) is 15.9 Å². The van der Waals surface area contributed by atoms with Crippen LogP contribution in [-0.4, -0.2) is 16.9 Å². The van der Waals surface area contributed by atoms with Gasteiger partial charge in [-0.2, -0.15) is 39.5 Å². The van der Waals surface area contributed by atoms with Gasteiger partial charge >= 0.3 is 18.5 Å². The van der Waals surface area contributed by atoms with Crippen molar-refractivity contribution in [1.29, 1.82) is 0 Å². The van der Waals surface area contributed by atoms with Gasteiger partial charge in [-0.1, -0.05) is 12.5 Å². The van der Waals surface area contributed by atoms with Crippen molar-refractivity contribution in [2.75, 3.05) is 5.32 Å². The molecule has 0 saturated carbocycles. The van der Waals surface area contributed by atoms with E-state index in [4.69, 9.17) is 0 Å². The van der Waals surface area contributed by atoms with Gasteiger partial charge in [-0.25, -0.2) is 5.43 Å². The van der Waals surface area contributed by atoms with E-state index in [9.17, 15) is 39.5 Å². The number of halogens is 9. The SMILES string of the molecule is CC[C@@H]1C[C@H](N(Cc2cc(C(F)(F)F)cc(C(F)(F)F)c2)C2=N[NH2+]NN2)c2cc(C(F)(F)F)ccc2N1. The maximum Gasteiger partial charge on any atom is 0.416 e. The number of guanidine groups is 1. The molecule has 2 heterocycles. The molecular weight excluding hydrogens is 519 g/mol. The van der Waals surface area contributed by atoms with E-state index in [1.54, 1.807) is 0 Å². The van der Waals surface area contributed by atoms with Crippen molar-refractivity contribution in [3.63, 3.8) is 0 Å². The first-order chi connectivity index (χ1) is 17.2. The minimum atomic E-state index is -5.05. The van der Waals surface area contributed by atoms with Gasteiger partial charge in [-0.05, 0) is 65.5 Å². The first-order valence-electron chi connectivity index (χ1n) is 11.1. The van der Waals surface area contributed by atoms with Crippen molar-refractivity contribution in [3.8, 4) is 0 Å². The molecule has 15 heteroatoms. The fraction of sp³-hybridized carbons (Fsp3) is 0.409. The molecule has 2 atom stereocenters. The summed E-state index contributed by atoms with van der Waals surface area (Å²) in [6.07, 6.45) is -14.0. The Morgan fingerprint density at radius 1 is 0.892 bits per heavy atom. The van der Waals surface area contributed by atoms with Crippen LogP contribution in [0.4, 0.5) is 45.2 Å². The van der Waals surface area contributed by atoms with E-state index in [1.807, 2.05) is 6.92 Å². The zero-order valence-corrected chi connectivity index (χ0v) is 19.1. The van der Waals surface area contributed by atoms with Gasteiger partial charge in [0.25, 0.3) is 5.96 Å². The van der Waals surface area contributed by atoms with Crippen LogP contribution in [0.3, 0.4) is 0 Å². The van der Waals surface area contributed by atoms with E-state index in [0.29, 0.717) is 24.2 Å². The molecule has 0 radical (unpaired) electrons. The van der Waals surface area contributed by atoms with Crippen LogP contribution in [0, 0.1) is 0 Å². The van der Waals surface area contributed by atoms with Gasteiger partial charge in [0.05, 0.1) is 22.7 Å². The second kappa shape index (κ2) is 9.59. The van der Waals surface area contributed by atoms with Crippen molar-refractivity contribution in [2.45, 2.75) is 56.9 Å². The summed E-state index contributed by atoms with van der Waals surface area (Å²) in [7, 11) is 0. The topological polar surface area (TPSA) is 68.3 Å². The van der Waals surface area contributed by atoms with Gasteiger partial charge in [-0.3, -0.25) is 0 Å². The third-order valence-electron chi connectivity index (χ3n) is 6.18. The number of rotatable bonds is 4. The van der Waals surface area contributed by atoms with Crippen molar-refractivity contribution in [2.24, 2.45) is 5.10 Å². The summed E-state index contributed by atoms with van der Waals surface area (Å²) in [4.78, 5) is 1.37. The minimum absolute atomic E-state index is 0.0249. The highest BCUT2D eigenvalue weighted by Crippen LogP contribution is 2.42. The summed E-state index contributed by atoms with van der Waals surface area (Å²) in [6.45, 7) is 1.35. The van der Waals surface area contributed by atoms with E-state index in [-0.39, 0.29) is 35.6 Å². The van der Waals surface area contributed by atoms with E-state index in [0.717, 1.165) is 12.1 Å². The second-order valence-corrected chi connectivity index (χ2v) is 8.69. The Morgan fingerprint density at radius 3 is 2.03 bits per heavy atom. The van der Waals surface area contributed by atoms with E-state index < -0.39 is 47.8 Å². The Balaban J connectivity index is 1.83. The summed E-state index contributed by atoms with van der Waals surface area (Å²) in [6, 6.07) is 3.26. The Kier molecular flexibility index (Phi) is 6.96. The predicted molar refractivity (Wildman–Crippen MR) is 114 cm³/mol. The molecule has 2 aliphatic heterocycles. The summed E-state index contributed by atoms with van der Waals surface area (Å²) >= 11 is 0. The minimum Gasteiger partial charge on any atom is -0.382 e. The quantitative estimate of drug-likeness (QED) is 0.334. The standard InChI is InChI=1S/C22H21F9N6/c1-2-15-9-18(16-8-12(20(23,24)25)3-4-17(16)32-15)37(19-33-35-36-34-19)10-11-5-13(21(26,27)28)7-14(6-11)22(29,30)31/h3-8,15,18,32,35-36H,2,9-10H2,1H3,(H,33,34)/p+1/t15-,18+/m1/s1. The molecule has 202 valence electrons. The highest BCUT2D eigenvalue weighted by molar-refractivity contribution is 5.80. The number of nitrogens with two attached hydrogens (primary N) is 1. The number of benzene rings is 2. The zero-order valence-electron chi connectivity index (χ0n) is 19.1. The van der Waals surface area contributed by atoms with Crippen LogP contribution in [0.1, 0.15) is 53.6 Å². The van der Waals surface area contributed by atoms with Crippen LogP contribution in [0.2, 0.25) is 0 Å². The molecule has 2 aromatic rings. The molecule has 37 heavy (non-hydrogen) atoms. The Labute approximate surface area is 204 Å². The van der Waals surface area contributed by atoms with Crippen LogP contribution in [-0.2, 0) is 25.1 Å². The molecule has 5 N–H and O–H groups in total. The molecule has 4 rings (SSSR count). The number of nitrogens with one attached hydrogen (secondary N) is 3. The number of hydrazine groups is 1. The highest BCUT2D eigenvalue weighted by Gasteiger charge is 2.40. The molecule has 0 amide bonds. The van der Waals surface area contributed by atoms with Gasteiger partial charge in [0.1, 0.15) is 0 Å². The lowest BCUT2D eigenvalue weighted by molar-refractivity contribution is -0.713. The average molecular weight is 541 g/mol. The van der Waals surface area contributed by atoms with E-state index >= 15 is 0 Å². The van der Waals surface area contributed by atoms with E-state index in [2.05, 4.69) is 21.4 Å². The van der Waals surface area contributed by atoms with Crippen molar-refractivity contribution < 1.29 is 45.0 Å². The Bertz CT molecular complexity index is 1140. The fourth-order valence-electron chi connectivity index (χ4n) is 4.39. The molecular formula is C22H22F9N6+. The second-order valence-electron chi connectivity index (χ2n) is 8.69. The molecule has 6 nitrogen and oxygen atoms in total. The van der Waals surface area contributed by atoms with Crippen LogP contribution >= 0.6 is 0 Å². The summed E-state index contributed by atoms with van der Waals surface area (Å²) < 4.78 is 121. The smallest absolute Gasteiger partial charge is 0.382 e. The molecule has 2 aliphatic rings. The predicted octanol–water partition coefficient (Wildman–Crippen LogP) is 4.74. The largest absolute Gasteiger partial charge is 0.416 e. The molecule has 0 spiro atoms. The van der Waals surface area contributed by atoms with Crippen LogP contribution in [0.5, 0.6) is 0 Å². The zero-order chi connectivity index (χ0) is 27.2. The van der Waals surface area contributed by atoms with Gasteiger partial charge in [0, 0.05) is 18.3 Å². The lowest BCUT2D eigenvalue weighted by Gasteiger charge is -2.40. The van der Waals surface area contributed by atoms with Crippen molar-refractivity contribution >= 4 is 11.6 Å². The van der Waals surface area contributed by atoms with Gasteiger partial charge in [0.2, 0.25) is 0 Å². The molecule has 0 unspecified atom stereocenters. The average Bonchev–Trinajstić information content (AvgIpc) is 3.34. The van der Waals surface area contributed by atoms with Crippen LogP contribution in [0.15, 0.2) is 41.5 Å². The van der Waals surface area contributed by atoms with Crippen LogP contribution in [0.25, 0.3) is 0 Å². The lowest BCUT2D eigenvalue weighted by atomic mass is 9.89. The number of hydrogen-bond donors (Lipinski definition) is 4. The number of quaternary nitrogens is 1. The molecule has 0 fully saturated rings. The van der Waals surface area contributed by atoms with Crippen molar-refractivity contribution in [3.05, 3.63) is 64.2 Å². The molecule has 0 bridgehead atoms. The fourth-order valence-corrected chi connectivity index (χ4v) is 4.39. The summed E-state index contributed by atoms with van der Waals surface area (Å²) in [5.41, 5.74) is 2.76. The monoisotopic (exact) mass is 541 g/mol. The first kappa shape index (κ1) is 26.9. The Morgan fingerprint density at radius 2 is 1.51 bits per heavy atom. The van der Waals surface area contributed by atoms with E-state index in [1.165, 1.54) is 16.5 Å². The van der Waals surface area contributed by atoms with Gasteiger partial charge in [0.15, 0.2) is 0 Å². The van der Waals surface area contributed by atoms with Gasteiger partial charge in [-0.15, -0.1) is 5.53 Å². The lowest BCUT2D eigenvalue weighted by Crippen LogP contribution is -2.87. The Hall–Kier alpha value is -3.20. The highest BCUT2D eigenvalue weighted by atomic mass is 19.4. The number of anilines is 1. The third-order valence-corrected chi connectivity index (χ3v) is 6.18. The summed E-state index contributed by atoms with van der Waals surface area (Å²) in [5.74, 6) is 0.0380. The molecule has 2 aromatic carbocycles. The maximum atomic E-state index is 13.5. The normalized spacial score (nSPS) is 20.1. The molecule has 0 aromatic heterocycles. The maximum absolute atomic E-state index is 13.5. The molecule has 0 saturated heterocycles.